The number of nitrogens with zero attached hydrogens (tertiary/aromatic N) is 1. The van der Waals surface area contributed by atoms with Gasteiger partial charge in [0.1, 0.15) is 5.69 Å². The van der Waals surface area contributed by atoms with Crippen molar-refractivity contribution < 1.29 is 4.74 Å². The smallest absolute Gasteiger partial charge is 0.272 e. The van der Waals surface area contributed by atoms with Crippen LogP contribution in [0.5, 0.6) is 5.75 Å². The van der Waals surface area contributed by atoms with Crippen molar-refractivity contribution in [1.29, 1.82) is 0 Å². The number of hydrogen-bond donors (Lipinski definition) is 1. The van der Waals surface area contributed by atoms with Crippen molar-refractivity contribution in [2.75, 3.05) is 11.9 Å². The van der Waals surface area contributed by atoms with Crippen LogP contribution >= 0.6 is 0 Å². The summed E-state index contributed by atoms with van der Waals surface area (Å²) in [7, 11) is 0. The van der Waals surface area contributed by atoms with Crippen LogP contribution < -0.4 is 20.9 Å². The maximum absolute atomic E-state index is 11.5. The second kappa shape index (κ2) is 4.77. The van der Waals surface area contributed by atoms with Crippen LogP contribution in [0.25, 0.3) is 10.9 Å². The molecular weight excluding hydrogens is 256 g/mol. The third kappa shape index (κ3) is 1.93. The van der Waals surface area contributed by atoms with E-state index < -0.39 is 10.9 Å². The average Bonchev–Trinajstić information content (AvgIpc) is 2.50. The van der Waals surface area contributed by atoms with Gasteiger partial charge < -0.3 is 10.1 Å². The zero-order chi connectivity index (χ0) is 14.1. The molecule has 3 aromatic rings. The summed E-state index contributed by atoms with van der Waals surface area (Å²) in [6, 6.07) is 9.53. The molecular formula is C15H12N2O3. The lowest BCUT2D eigenvalue weighted by Gasteiger charge is -2.13. The van der Waals surface area contributed by atoms with Crippen molar-refractivity contribution in [1.82, 2.24) is 4.98 Å². The molecule has 0 unspecified atom stereocenters. The Balaban J connectivity index is 1.96. The van der Waals surface area contributed by atoms with Crippen molar-refractivity contribution in [3.63, 3.8) is 0 Å². The highest BCUT2D eigenvalue weighted by molar-refractivity contribution is 5.83. The quantitative estimate of drug-likeness (QED) is 0.733. The van der Waals surface area contributed by atoms with E-state index in [-0.39, 0.29) is 11.4 Å². The van der Waals surface area contributed by atoms with Gasteiger partial charge in [0.05, 0.1) is 24.0 Å². The first-order valence-electron chi connectivity index (χ1n) is 6.28. The summed E-state index contributed by atoms with van der Waals surface area (Å²) in [5, 5.41) is 3.86. The third-order valence-electron chi connectivity index (χ3n) is 3.02. The standard InChI is InChI=1S/C15H12N2O3/c1-2-20-15-12(13(18)14(15)19)17-10-7-9-5-3-4-6-11(9)16-8-10/h3-8,17H,2H2,1H3. The Bertz CT molecular complexity index is 848. The monoisotopic (exact) mass is 268 g/mol. The van der Waals surface area contributed by atoms with E-state index in [9.17, 15) is 9.59 Å². The Kier molecular flexibility index (Phi) is 2.95. The molecule has 2 aromatic carbocycles. The summed E-state index contributed by atoms with van der Waals surface area (Å²) in [6.45, 7) is 2.10. The van der Waals surface area contributed by atoms with E-state index in [0.29, 0.717) is 12.3 Å². The first-order chi connectivity index (χ1) is 9.70. The number of fused-ring (bicyclic) bond motifs is 1. The van der Waals surface area contributed by atoms with Crippen molar-refractivity contribution in [3.05, 3.63) is 57.0 Å². The molecule has 0 radical (unpaired) electrons. The molecule has 0 aliphatic carbocycles. The van der Waals surface area contributed by atoms with Crippen LogP contribution in [0.15, 0.2) is 46.1 Å². The largest absolute Gasteiger partial charge is 0.488 e. The number of nitrogens with one attached hydrogen (secondary N) is 1. The minimum Gasteiger partial charge on any atom is -0.488 e. The Hall–Kier alpha value is -2.69. The number of anilines is 2. The molecule has 0 amide bonds. The molecule has 0 bridgehead atoms. The Labute approximate surface area is 114 Å². The summed E-state index contributed by atoms with van der Waals surface area (Å²) in [5.74, 6) is 0.102. The van der Waals surface area contributed by atoms with Gasteiger partial charge in [-0.25, -0.2) is 0 Å². The number of para-hydroxylation sites is 1. The zero-order valence-corrected chi connectivity index (χ0v) is 10.8. The number of ether oxygens (including phenoxy) is 1. The third-order valence-corrected chi connectivity index (χ3v) is 3.02. The summed E-state index contributed by atoms with van der Waals surface area (Å²) in [4.78, 5) is 27.2. The van der Waals surface area contributed by atoms with E-state index in [1.165, 1.54) is 0 Å². The van der Waals surface area contributed by atoms with Gasteiger partial charge in [-0.1, -0.05) is 18.2 Å². The molecule has 0 aliphatic rings. The van der Waals surface area contributed by atoms with E-state index in [1.54, 1.807) is 13.1 Å². The molecule has 5 heteroatoms. The van der Waals surface area contributed by atoms with Gasteiger partial charge in [-0.2, -0.15) is 0 Å². The van der Waals surface area contributed by atoms with E-state index in [4.69, 9.17) is 4.74 Å². The second-order valence-corrected chi connectivity index (χ2v) is 4.34. The average molecular weight is 268 g/mol. The van der Waals surface area contributed by atoms with Crippen LogP contribution in [0.1, 0.15) is 6.92 Å². The molecule has 0 spiro atoms. The lowest BCUT2D eigenvalue weighted by molar-refractivity contribution is 0.335. The maximum Gasteiger partial charge on any atom is 0.272 e. The Morgan fingerprint density at radius 3 is 2.80 bits per heavy atom. The van der Waals surface area contributed by atoms with Gasteiger partial charge in [0.2, 0.25) is 0 Å². The van der Waals surface area contributed by atoms with Crippen LogP contribution in [0.3, 0.4) is 0 Å². The SMILES string of the molecule is CCOc1c(Nc2cnc3ccccc3c2)c(=O)c1=O. The fourth-order valence-corrected chi connectivity index (χ4v) is 2.05. The van der Waals surface area contributed by atoms with Crippen molar-refractivity contribution in [3.8, 4) is 5.75 Å². The van der Waals surface area contributed by atoms with Gasteiger partial charge in [0.15, 0.2) is 5.75 Å². The number of benzene rings is 1. The number of pyridine rings is 1. The zero-order valence-electron chi connectivity index (χ0n) is 10.8. The highest BCUT2D eigenvalue weighted by Crippen LogP contribution is 2.24. The van der Waals surface area contributed by atoms with Gasteiger partial charge in [-0.15, -0.1) is 0 Å². The molecule has 1 aromatic heterocycles. The second-order valence-electron chi connectivity index (χ2n) is 4.34. The molecule has 5 nitrogen and oxygen atoms in total. The lowest BCUT2D eigenvalue weighted by atomic mass is 10.2. The topological polar surface area (TPSA) is 68.3 Å². The minimum absolute atomic E-state index is 0.102. The van der Waals surface area contributed by atoms with Crippen molar-refractivity contribution >= 4 is 22.3 Å². The van der Waals surface area contributed by atoms with Gasteiger partial charge in [-0.3, -0.25) is 14.6 Å². The van der Waals surface area contributed by atoms with E-state index in [0.717, 1.165) is 10.9 Å². The number of aromatic nitrogens is 1. The summed E-state index contributed by atoms with van der Waals surface area (Å²) >= 11 is 0. The predicted octanol–water partition coefficient (Wildman–Crippen LogP) is 1.97. The summed E-state index contributed by atoms with van der Waals surface area (Å²) in [5.41, 5.74) is 0.587. The van der Waals surface area contributed by atoms with Crippen molar-refractivity contribution in [2.24, 2.45) is 0 Å². The molecule has 0 saturated heterocycles. The number of rotatable bonds is 4. The Morgan fingerprint density at radius 2 is 2.00 bits per heavy atom. The molecule has 20 heavy (non-hydrogen) atoms. The van der Waals surface area contributed by atoms with E-state index in [1.807, 2.05) is 30.3 Å². The van der Waals surface area contributed by atoms with Gasteiger partial charge in [-0.05, 0) is 19.1 Å². The highest BCUT2D eigenvalue weighted by atomic mass is 16.5. The summed E-state index contributed by atoms with van der Waals surface area (Å²) < 4.78 is 5.16. The van der Waals surface area contributed by atoms with Gasteiger partial charge in [0.25, 0.3) is 10.9 Å². The van der Waals surface area contributed by atoms with Crippen LogP contribution in [0, 0.1) is 0 Å². The molecule has 0 aliphatic heterocycles. The van der Waals surface area contributed by atoms with Gasteiger partial charge >= 0.3 is 0 Å². The predicted molar refractivity (Wildman–Crippen MR) is 77.5 cm³/mol. The Morgan fingerprint density at radius 1 is 1.20 bits per heavy atom. The van der Waals surface area contributed by atoms with E-state index >= 15 is 0 Å². The summed E-state index contributed by atoms with van der Waals surface area (Å²) in [6.07, 6.45) is 1.62. The molecule has 0 fully saturated rings. The fraction of sp³-hybridized carbons (Fsp3) is 0.133. The molecule has 0 atom stereocenters. The first kappa shape index (κ1) is 12.3. The molecule has 1 N–H and O–H groups in total. The normalized spacial score (nSPS) is 10.8. The van der Waals surface area contributed by atoms with Crippen LogP contribution in [0.2, 0.25) is 0 Å². The van der Waals surface area contributed by atoms with Crippen molar-refractivity contribution in [2.45, 2.75) is 6.92 Å². The highest BCUT2D eigenvalue weighted by Gasteiger charge is 2.22. The van der Waals surface area contributed by atoms with E-state index in [2.05, 4.69) is 10.3 Å². The molecule has 0 saturated carbocycles. The van der Waals surface area contributed by atoms with Crippen LogP contribution in [0.4, 0.5) is 11.4 Å². The lowest BCUT2D eigenvalue weighted by Crippen LogP contribution is -2.35. The van der Waals surface area contributed by atoms with Crippen LogP contribution in [-0.2, 0) is 0 Å². The van der Waals surface area contributed by atoms with Gasteiger partial charge in [0, 0.05) is 5.39 Å². The molecule has 1 heterocycles. The minimum atomic E-state index is -0.580. The fourth-order valence-electron chi connectivity index (χ4n) is 2.05. The van der Waals surface area contributed by atoms with Crippen LogP contribution in [-0.4, -0.2) is 11.6 Å². The first-order valence-corrected chi connectivity index (χ1v) is 6.28. The maximum atomic E-state index is 11.5. The molecule has 3 rings (SSSR count). The molecule has 100 valence electrons. The number of hydrogen-bond acceptors (Lipinski definition) is 5.